The van der Waals surface area contributed by atoms with E-state index in [1.165, 1.54) is 16.4 Å². The topological polar surface area (TPSA) is 75.7 Å². The molecule has 2 aliphatic rings. The van der Waals surface area contributed by atoms with E-state index in [1.807, 2.05) is 0 Å². The van der Waals surface area contributed by atoms with Crippen molar-refractivity contribution in [2.45, 2.75) is 30.3 Å². The van der Waals surface area contributed by atoms with Gasteiger partial charge in [-0.3, -0.25) is 9.10 Å². The number of hydrogen-bond acceptors (Lipinski definition) is 4. The molecule has 2 aliphatic heterocycles. The Bertz CT molecular complexity index is 986. The Morgan fingerprint density at radius 2 is 2.00 bits per heavy atom. The summed E-state index contributed by atoms with van der Waals surface area (Å²) < 4.78 is 32.8. The molecule has 0 aliphatic carbocycles. The molecule has 1 amide bonds. The van der Waals surface area contributed by atoms with E-state index < -0.39 is 10.0 Å². The van der Waals surface area contributed by atoms with Crippen molar-refractivity contribution < 1.29 is 17.9 Å². The first kappa shape index (κ1) is 19.2. The molecule has 2 heterocycles. The highest BCUT2D eigenvalue weighted by molar-refractivity contribution is 7.92. The molecule has 1 saturated heterocycles. The monoisotopic (exact) mass is 420 g/mol. The van der Waals surface area contributed by atoms with Crippen LogP contribution < -0.4 is 9.62 Å². The summed E-state index contributed by atoms with van der Waals surface area (Å²) in [7, 11) is -3.67. The number of sulfonamides is 1. The predicted octanol–water partition coefficient (Wildman–Crippen LogP) is 3.00. The van der Waals surface area contributed by atoms with E-state index >= 15 is 0 Å². The van der Waals surface area contributed by atoms with Gasteiger partial charge in [0.05, 0.1) is 16.7 Å². The first-order valence-corrected chi connectivity index (χ1v) is 11.1. The number of nitrogens with zero attached hydrogens (tertiary/aromatic N) is 1. The lowest BCUT2D eigenvalue weighted by Crippen LogP contribution is -2.31. The second-order valence-electron chi connectivity index (χ2n) is 6.97. The molecule has 28 heavy (non-hydrogen) atoms. The van der Waals surface area contributed by atoms with Gasteiger partial charge in [0.15, 0.2) is 0 Å². The van der Waals surface area contributed by atoms with Crippen LogP contribution in [0.15, 0.2) is 47.4 Å². The van der Waals surface area contributed by atoms with Crippen LogP contribution in [0.2, 0.25) is 5.02 Å². The molecule has 8 heteroatoms. The van der Waals surface area contributed by atoms with Gasteiger partial charge in [0.1, 0.15) is 0 Å². The molecule has 1 fully saturated rings. The van der Waals surface area contributed by atoms with Gasteiger partial charge in [-0.25, -0.2) is 8.42 Å². The van der Waals surface area contributed by atoms with E-state index in [1.54, 1.807) is 30.3 Å². The predicted molar refractivity (Wildman–Crippen MR) is 107 cm³/mol. The Morgan fingerprint density at radius 1 is 1.21 bits per heavy atom. The highest BCUT2D eigenvalue weighted by Gasteiger charge is 2.31. The lowest BCUT2D eigenvalue weighted by molar-refractivity contribution is 0.0857. The van der Waals surface area contributed by atoms with Crippen LogP contribution in [0, 0.1) is 0 Å². The molecule has 0 saturated carbocycles. The molecule has 2 aromatic rings. The summed E-state index contributed by atoms with van der Waals surface area (Å²) in [5.74, 6) is -0.169. The van der Waals surface area contributed by atoms with E-state index in [0.29, 0.717) is 35.8 Å². The number of benzene rings is 2. The molecule has 6 nitrogen and oxygen atoms in total. The fourth-order valence-corrected chi connectivity index (χ4v) is 5.24. The maximum atomic E-state index is 13.0. The maximum absolute atomic E-state index is 13.0. The number of amides is 1. The maximum Gasteiger partial charge on any atom is 0.264 e. The number of halogens is 1. The normalized spacial score (nSPS) is 18.9. The SMILES string of the molecule is O=C(NC[C@@H]1CCCO1)c1ccc2c(c1)CCN2S(=O)(=O)c1ccc(Cl)cc1. The van der Waals surface area contributed by atoms with Crippen molar-refractivity contribution in [2.75, 3.05) is 24.0 Å². The quantitative estimate of drug-likeness (QED) is 0.806. The van der Waals surface area contributed by atoms with Gasteiger partial charge in [0, 0.05) is 30.3 Å². The summed E-state index contributed by atoms with van der Waals surface area (Å²) in [6, 6.07) is 11.3. The summed E-state index contributed by atoms with van der Waals surface area (Å²) in [6.45, 7) is 1.59. The van der Waals surface area contributed by atoms with Crippen molar-refractivity contribution >= 4 is 33.2 Å². The molecular formula is C20H21ClN2O4S. The fourth-order valence-electron chi connectivity index (χ4n) is 3.61. The van der Waals surface area contributed by atoms with Gasteiger partial charge in [-0.15, -0.1) is 0 Å². The highest BCUT2D eigenvalue weighted by Crippen LogP contribution is 2.33. The van der Waals surface area contributed by atoms with E-state index in [9.17, 15) is 13.2 Å². The number of carbonyl (C=O) groups excluding carboxylic acids is 1. The summed E-state index contributed by atoms with van der Waals surface area (Å²) in [5, 5.41) is 3.38. The average Bonchev–Trinajstić information content (AvgIpc) is 3.35. The molecule has 1 atom stereocenters. The van der Waals surface area contributed by atoms with Gasteiger partial charge in [-0.05, 0) is 67.3 Å². The average molecular weight is 421 g/mol. The number of carbonyl (C=O) groups is 1. The minimum absolute atomic E-state index is 0.0818. The number of ether oxygens (including phenoxy) is 1. The zero-order chi connectivity index (χ0) is 19.7. The van der Waals surface area contributed by atoms with Gasteiger partial charge in [-0.2, -0.15) is 0 Å². The first-order valence-electron chi connectivity index (χ1n) is 9.26. The first-order chi connectivity index (χ1) is 13.4. The van der Waals surface area contributed by atoms with Crippen molar-refractivity contribution in [1.29, 1.82) is 0 Å². The number of rotatable bonds is 5. The summed E-state index contributed by atoms with van der Waals surface area (Å²) in [4.78, 5) is 12.6. The van der Waals surface area contributed by atoms with Crippen LogP contribution in [-0.4, -0.2) is 40.1 Å². The Hall–Kier alpha value is -2.09. The van der Waals surface area contributed by atoms with Gasteiger partial charge in [-0.1, -0.05) is 11.6 Å². The summed E-state index contributed by atoms with van der Waals surface area (Å²) in [6.07, 6.45) is 2.63. The van der Waals surface area contributed by atoms with E-state index in [4.69, 9.17) is 16.3 Å². The minimum atomic E-state index is -3.67. The number of fused-ring (bicyclic) bond motifs is 1. The molecule has 2 aromatic carbocycles. The van der Waals surface area contributed by atoms with E-state index in [2.05, 4.69) is 5.32 Å². The van der Waals surface area contributed by atoms with Crippen LogP contribution in [0.25, 0.3) is 0 Å². The number of anilines is 1. The van der Waals surface area contributed by atoms with E-state index in [0.717, 1.165) is 25.0 Å². The standard InChI is InChI=1S/C20H21ClN2O4S/c21-16-4-6-18(7-5-16)28(25,26)23-10-9-14-12-15(3-8-19(14)23)20(24)22-13-17-2-1-11-27-17/h3-8,12,17H,1-2,9-11,13H2,(H,22,24)/t17-/m0/s1. The van der Waals surface area contributed by atoms with Crippen LogP contribution in [0.1, 0.15) is 28.8 Å². The summed E-state index contributed by atoms with van der Waals surface area (Å²) >= 11 is 5.86. The molecule has 0 unspecified atom stereocenters. The summed E-state index contributed by atoms with van der Waals surface area (Å²) in [5.41, 5.74) is 2.00. The third-order valence-electron chi connectivity index (χ3n) is 5.11. The van der Waals surface area contributed by atoms with Crippen molar-refractivity contribution in [1.82, 2.24) is 5.32 Å². The Balaban J connectivity index is 1.51. The molecule has 4 rings (SSSR count). The third-order valence-corrected chi connectivity index (χ3v) is 7.19. The molecule has 1 N–H and O–H groups in total. The second kappa shape index (κ2) is 7.73. The Labute approximate surface area is 169 Å². The van der Waals surface area contributed by atoms with Gasteiger partial charge < -0.3 is 10.1 Å². The highest BCUT2D eigenvalue weighted by atomic mass is 35.5. The zero-order valence-corrected chi connectivity index (χ0v) is 16.8. The minimum Gasteiger partial charge on any atom is -0.376 e. The van der Waals surface area contributed by atoms with Gasteiger partial charge in [0.2, 0.25) is 0 Å². The van der Waals surface area contributed by atoms with Crippen molar-refractivity contribution in [3.05, 3.63) is 58.6 Å². The van der Waals surface area contributed by atoms with Gasteiger partial charge >= 0.3 is 0 Å². The lowest BCUT2D eigenvalue weighted by atomic mass is 10.1. The van der Waals surface area contributed by atoms with Crippen LogP contribution in [0.4, 0.5) is 5.69 Å². The van der Waals surface area contributed by atoms with Crippen molar-refractivity contribution in [2.24, 2.45) is 0 Å². The second-order valence-corrected chi connectivity index (χ2v) is 9.27. The number of nitrogens with one attached hydrogen (secondary N) is 1. The van der Waals surface area contributed by atoms with Crippen LogP contribution in [-0.2, 0) is 21.2 Å². The largest absolute Gasteiger partial charge is 0.376 e. The van der Waals surface area contributed by atoms with E-state index in [-0.39, 0.29) is 16.9 Å². The molecule has 0 bridgehead atoms. The van der Waals surface area contributed by atoms with Gasteiger partial charge in [0.25, 0.3) is 15.9 Å². The van der Waals surface area contributed by atoms with Crippen LogP contribution in [0.5, 0.6) is 0 Å². The molecule has 0 spiro atoms. The van der Waals surface area contributed by atoms with Crippen LogP contribution >= 0.6 is 11.6 Å². The molecule has 148 valence electrons. The smallest absolute Gasteiger partial charge is 0.264 e. The number of hydrogen-bond donors (Lipinski definition) is 1. The Morgan fingerprint density at radius 3 is 2.71 bits per heavy atom. The van der Waals surface area contributed by atoms with Crippen molar-refractivity contribution in [3.8, 4) is 0 Å². The van der Waals surface area contributed by atoms with Crippen LogP contribution in [0.3, 0.4) is 0 Å². The lowest BCUT2D eigenvalue weighted by Gasteiger charge is -2.20. The molecule has 0 aromatic heterocycles. The molecular weight excluding hydrogens is 400 g/mol. The fraction of sp³-hybridized carbons (Fsp3) is 0.350. The Kier molecular flexibility index (Phi) is 5.31. The zero-order valence-electron chi connectivity index (χ0n) is 15.2. The van der Waals surface area contributed by atoms with Crippen molar-refractivity contribution in [3.63, 3.8) is 0 Å². The molecule has 0 radical (unpaired) electrons. The third kappa shape index (κ3) is 3.74.